The summed E-state index contributed by atoms with van der Waals surface area (Å²) < 4.78 is 39.4. The highest BCUT2D eigenvalue weighted by molar-refractivity contribution is 5.66. The molecule has 0 N–H and O–H groups in total. The van der Waals surface area contributed by atoms with Gasteiger partial charge in [0.15, 0.2) is 0 Å². The van der Waals surface area contributed by atoms with Crippen LogP contribution in [0.4, 0.5) is 8.78 Å². The fourth-order valence-electron chi connectivity index (χ4n) is 6.72. The van der Waals surface area contributed by atoms with Crippen LogP contribution >= 0.6 is 0 Å². The number of unbranched alkanes of at least 4 members (excludes halogenated alkanes) is 3. The minimum atomic E-state index is -0.130. The highest BCUT2D eigenvalue weighted by atomic mass is 19.1. The Kier molecular flexibility index (Phi) is 16.1. The molecule has 0 radical (unpaired) electrons. The summed E-state index contributed by atoms with van der Waals surface area (Å²) in [7, 11) is 3.36. The van der Waals surface area contributed by atoms with Crippen molar-refractivity contribution < 1.29 is 18.3 Å². The van der Waals surface area contributed by atoms with Gasteiger partial charge in [-0.1, -0.05) is 130 Å². The topological polar surface area (TPSA) is 18.5 Å². The first-order valence-corrected chi connectivity index (χ1v) is 19.9. The second-order valence-electron chi connectivity index (χ2n) is 14.3. The first kappa shape index (κ1) is 41.0. The van der Waals surface area contributed by atoms with Gasteiger partial charge in [-0.25, -0.2) is 8.78 Å². The number of ether oxygens (including phenoxy) is 2. The molecule has 0 aliphatic rings. The van der Waals surface area contributed by atoms with Gasteiger partial charge in [0.2, 0.25) is 0 Å². The van der Waals surface area contributed by atoms with Gasteiger partial charge in [-0.2, -0.15) is 0 Å². The van der Waals surface area contributed by atoms with E-state index in [1.54, 1.807) is 26.4 Å². The third kappa shape index (κ3) is 12.7. The van der Waals surface area contributed by atoms with Crippen LogP contribution in [0.1, 0.15) is 79.3 Å². The van der Waals surface area contributed by atoms with Crippen molar-refractivity contribution in [3.8, 4) is 33.8 Å². The molecule has 0 aliphatic heterocycles. The van der Waals surface area contributed by atoms with Crippen LogP contribution in [0.2, 0.25) is 0 Å². The molecular formula is C51H56F2O2. The van der Waals surface area contributed by atoms with Crippen molar-refractivity contribution in [3.63, 3.8) is 0 Å². The Morgan fingerprint density at radius 1 is 0.364 bits per heavy atom. The molecule has 0 heterocycles. The summed E-state index contributed by atoms with van der Waals surface area (Å²) in [5.41, 5.74) is 10.5. The van der Waals surface area contributed by atoms with Crippen molar-refractivity contribution in [2.45, 2.75) is 84.5 Å². The summed E-state index contributed by atoms with van der Waals surface area (Å²) in [6.07, 6.45) is 11.5. The summed E-state index contributed by atoms with van der Waals surface area (Å²) >= 11 is 0. The fourth-order valence-corrected chi connectivity index (χ4v) is 6.72. The molecule has 4 heteroatoms. The third-order valence-corrected chi connectivity index (χ3v) is 10.2. The van der Waals surface area contributed by atoms with Gasteiger partial charge < -0.3 is 9.47 Å². The molecule has 0 saturated heterocycles. The zero-order valence-electron chi connectivity index (χ0n) is 33.1. The van der Waals surface area contributed by atoms with Crippen LogP contribution in [0.3, 0.4) is 0 Å². The normalized spacial score (nSPS) is 10.8. The first-order valence-electron chi connectivity index (χ1n) is 19.9. The van der Waals surface area contributed by atoms with Crippen molar-refractivity contribution in [1.29, 1.82) is 0 Å². The predicted octanol–water partition coefficient (Wildman–Crippen LogP) is 13.6. The van der Waals surface area contributed by atoms with Crippen LogP contribution in [0.15, 0.2) is 133 Å². The Morgan fingerprint density at radius 3 is 1.02 bits per heavy atom. The summed E-state index contributed by atoms with van der Waals surface area (Å²) in [4.78, 5) is 0. The number of halogens is 2. The van der Waals surface area contributed by atoms with Gasteiger partial charge >= 0.3 is 0 Å². The number of benzene rings is 6. The molecule has 0 amide bonds. The van der Waals surface area contributed by atoms with E-state index in [9.17, 15) is 8.78 Å². The number of hydrogen-bond donors (Lipinski definition) is 0. The fraction of sp³-hybridized carbons (Fsp3) is 0.294. The highest BCUT2D eigenvalue weighted by Crippen LogP contribution is 2.27. The smallest absolute Gasteiger partial charge is 0.131 e. The zero-order valence-corrected chi connectivity index (χ0v) is 33.1. The number of hydrogen-bond acceptors (Lipinski definition) is 2. The summed E-state index contributed by atoms with van der Waals surface area (Å²) in [5, 5.41) is 0. The molecule has 0 atom stereocenters. The second-order valence-corrected chi connectivity index (χ2v) is 14.3. The zero-order chi connectivity index (χ0) is 38.8. The lowest BCUT2D eigenvalue weighted by Crippen LogP contribution is -1.93. The van der Waals surface area contributed by atoms with Crippen molar-refractivity contribution in [3.05, 3.63) is 178 Å². The molecule has 0 saturated carbocycles. The Labute approximate surface area is 328 Å². The van der Waals surface area contributed by atoms with Gasteiger partial charge in [0.25, 0.3) is 0 Å². The molecule has 6 rings (SSSR count). The van der Waals surface area contributed by atoms with E-state index in [2.05, 4.69) is 68.4 Å². The molecule has 6 aromatic rings. The number of rotatable bonds is 17. The highest BCUT2D eigenvalue weighted by Gasteiger charge is 2.09. The van der Waals surface area contributed by atoms with Gasteiger partial charge in [-0.15, -0.1) is 0 Å². The first-order chi connectivity index (χ1) is 26.9. The van der Waals surface area contributed by atoms with Crippen molar-refractivity contribution in [1.82, 2.24) is 0 Å². The monoisotopic (exact) mass is 738 g/mol. The summed E-state index contributed by atoms with van der Waals surface area (Å²) in [6, 6.07) is 44.2. The largest absolute Gasteiger partial charge is 0.497 e. The van der Waals surface area contributed by atoms with Gasteiger partial charge in [0.05, 0.1) is 14.2 Å². The Morgan fingerprint density at radius 2 is 0.691 bits per heavy atom. The third-order valence-electron chi connectivity index (χ3n) is 10.2. The SMILES string of the molecule is CCCCCc1ccc(-c2ccc(CCc3ccc(OC)cc3)cc2)c(F)c1.CCCCc1ccc(-c2ccc(CCc3ccc(OC)cc3)cc2)c(F)c1. The molecule has 0 aliphatic carbocycles. The lowest BCUT2D eigenvalue weighted by molar-refractivity contribution is 0.414. The Bertz CT molecular complexity index is 2020. The maximum atomic E-state index is 14.6. The molecule has 0 spiro atoms. The van der Waals surface area contributed by atoms with Gasteiger partial charge in [0.1, 0.15) is 23.1 Å². The molecule has 0 aromatic heterocycles. The quantitative estimate of drug-likeness (QED) is 0.0868. The Hall–Kier alpha value is -5.22. The van der Waals surface area contributed by atoms with Crippen LogP contribution in [-0.4, -0.2) is 14.2 Å². The van der Waals surface area contributed by atoms with E-state index < -0.39 is 0 Å². The van der Waals surface area contributed by atoms with E-state index in [-0.39, 0.29) is 11.6 Å². The van der Waals surface area contributed by atoms with Crippen LogP contribution in [0, 0.1) is 11.6 Å². The molecule has 6 aromatic carbocycles. The molecule has 286 valence electrons. The van der Waals surface area contributed by atoms with Crippen molar-refractivity contribution in [2.24, 2.45) is 0 Å². The molecule has 55 heavy (non-hydrogen) atoms. The summed E-state index contributed by atoms with van der Waals surface area (Å²) in [6.45, 7) is 4.34. The van der Waals surface area contributed by atoms with Gasteiger partial charge in [0, 0.05) is 11.1 Å². The van der Waals surface area contributed by atoms with E-state index >= 15 is 0 Å². The molecule has 0 fully saturated rings. The van der Waals surface area contributed by atoms with Crippen LogP contribution in [0.25, 0.3) is 22.3 Å². The van der Waals surface area contributed by atoms with E-state index in [4.69, 9.17) is 9.47 Å². The van der Waals surface area contributed by atoms with Crippen molar-refractivity contribution in [2.75, 3.05) is 14.2 Å². The molecule has 0 bridgehead atoms. The predicted molar refractivity (Wildman–Crippen MR) is 226 cm³/mol. The van der Waals surface area contributed by atoms with E-state index in [1.165, 1.54) is 35.1 Å². The van der Waals surface area contributed by atoms with Crippen LogP contribution < -0.4 is 9.47 Å². The minimum absolute atomic E-state index is 0.125. The minimum Gasteiger partial charge on any atom is -0.497 e. The summed E-state index contributed by atoms with van der Waals surface area (Å²) in [5.74, 6) is 1.51. The van der Waals surface area contributed by atoms with Crippen molar-refractivity contribution >= 4 is 0 Å². The van der Waals surface area contributed by atoms with Crippen LogP contribution in [-0.2, 0) is 38.5 Å². The van der Waals surface area contributed by atoms with Gasteiger partial charge in [-0.05, 0) is 132 Å². The Balaban J connectivity index is 0.000000211. The van der Waals surface area contributed by atoms with E-state index in [0.717, 1.165) is 91.5 Å². The van der Waals surface area contributed by atoms with Crippen LogP contribution in [0.5, 0.6) is 11.5 Å². The molecule has 0 unspecified atom stereocenters. The maximum Gasteiger partial charge on any atom is 0.131 e. The lowest BCUT2D eigenvalue weighted by Gasteiger charge is -2.08. The molecule has 2 nitrogen and oxygen atoms in total. The maximum absolute atomic E-state index is 14.6. The number of methoxy groups -OCH3 is 2. The average Bonchev–Trinajstić information content (AvgIpc) is 3.23. The molecular weight excluding hydrogens is 683 g/mol. The standard InChI is InChI=1S/C26H29FO.C25H27FO/c1-3-4-5-6-22-13-18-25(26(27)19-22)23-14-9-20(10-15-23)7-8-21-11-16-24(28-2)17-12-21;1-3-4-5-21-12-17-24(25(26)18-21)22-13-8-19(9-14-22)6-7-20-10-15-23(27-2)16-11-20/h9-19H,3-8H2,1-2H3;8-18H,3-7H2,1-2H3. The number of aryl methyl sites for hydroxylation is 6. The van der Waals surface area contributed by atoms with E-state index in [1.807, 2.05) is 66.7 Å². The van der Waals surface area contributed by atoms with E-state index in [0.29, 0.717) is 11.1 Å². The second kappa shape index (κ2) is 21.6. The average molecular weight is 739 g/mol. The van der Waals surface area contributed by atoms with Gasteiger partial charge in [-0.3, -0.25) is 0 Å². The lowest BCUT2D eigenvalue weighted by atomic mass is 9.98.